The van der Waals surface area contributed by atoms with E-state index in [0.29, 0.717) is 0 Å². The lowest BCUT2D eigenvalue weighted by molar-refractivity contribution is 0.0397. The molecule has 0 aromatic heterocycles. The van der Waals surface area contributed by atoms with Gasteiger partial charge in [-0.1, -0.05) is 20.8 Å². The summed E-state index contributed by atoms with van der Waals surface area (Å²) in [6, 6.07) is -0.335. The van der Waals surface area contributed by atoms with Gasteiger partial charge in [0.05, 0.1) is 12.1 Å². The lowest BCUT2D eigenvalue weighted by atomic mass is 9.78. The fourth-order valence-electron chi connectivity index (χ4n) is 2.73. The second kappa shape index (κ2) is 5.26. The van der Waals surface area contributed by atoms with E-state index >= 15 is 0 Å². The van der Waals surface area contributed by atoms with E-state index in [9.17, 15) is 5.11 Å². The van der Waals surface area contributed by atoms with Crippen LogP contribution in [0.4, 0.5) is 0 Å². The number of hydrogen-bond donors (Lipinski definition) is 2. The van der Waals surface area contributed by atoms with Gasteiger partial charge in [-0.05, 0) is 73.4 Å². The van der Waals surface area contributed by atoms with E-state index in [2.05, 4.69) is 34.6 Å². The predicted molar refractivity (Wildman–Crippen MR) is 82.5 cm³/mol. The van der Waals surface area contributed by atoms with Crippen LogP contribution in [0.5, 0.6) is 0 Å². The molecular formula is C17H29NO. The fourth-order valence-corrected chi connectivity index (χ4v) is 2.73. The minimum Gasteiger partial charge on any atom is -0.391 e. The highest BCUT2D eigenvalue weighted by molar-refractivity contribution is 5.51. The van der Waals surface area contributed by atoms with Crippen LogP contribution < -0.4 is 5.73 Å². The van der Waals surface area contributed by atoms with Crippen molar-refractivity contribution in [2.24, 2.45) is 11.1 Å². The maximum atomic E-state index is 10.5. The monoisotopic (exact) mass is 263 g/mol. The number of aliphatic hydroxyl groups is 1. The van der Waals surface area contributed by atoms with E-state index in [4.69, 9.17) is 5.73 Å². The quantitative estimate of drug-likeness (QED) is 0.856. The van der Waals surface area contributed by atoms with Crippen molar-refractivity contribution in [3.8, 4) is 0 Å². The Labute approximate surface area is 118 Å². The Kier molecular flexibility index (Phi) is 4.48. The third-order valence-corrected chi connectivity index (χ3v) is 4.62. The molecule has 1 rings (SSSR count). The van der Waals surface area contributed by atoms with Crippen LogP contribution in [0, 0.1) is 40.0 Å². The molecule has 0 bridgehead atoms. The van der Waals surface area contributed by atoms with Crippen molar-refractivity contribution < 1.29 is 5.11 Å². The van der Waals surface area contributed by atoms with Gasteiger partial charge in [-0.2, -0.15) is 0 Å². The van der Waals surface area contributed by atoms with Crippen molar-refractivity contribution in [2.45, 2.75) is 67.5 Å². The summed E-state index contributed by atoms with van der Waals surface area (Å²) in [7, 11) is 0. The molecular weight excluding hydrogens is 234 g/mol. The molecule has 1 aromatic rings. The molecule has 1 aromatic carbocycles. The lowest BCUT2D eigenvalue weighted by Crippen LogP contribution is -2.38. The predicted octanol–water partition coefficient (Wildman–Crippen LogP) is 3.64. The second-order valence-corrected chi connectivity index (χ2v) is 6.88. The molecule has 0 fully saturated rings. The molecule has 2 atom stereocenters. The minimum absolute atomic E-state index is 0.217. The number of rotatable bonds is 2. The first kappa shape index (κ1) is 16.2. The lowest BCUT2D eigenvalue weighted by Gasteiger charge is -2.33. The Morgan fingerprint density at radius 3 is 1.42 bits per heavy atom. The third kappa shape index (κ3) is 2.85. The van der Waals surface area contributed by atoms with Crippen molar-refractivity contribution in [3.63, 3.8) is 0 Å². The van der Waals surface area contributed by atoms with Gasteiger partial charge in [-0.15, -0.1) is 0 Å². The van der Waals surface area contributed by atoms with Crippen molar-refractivity contribution in [3.05, 3.63) is 33.4 Å². The maximum absolute atomic E-state index is 10.5. The summed E-state index contributed by atoms with van der Waals surface area (Å²) in [6.07, 6.45) is -0.550. The molecule has 0 saturated heterocycles. The van der Waals surface area contributed by atoms with Gasteiger partial charge in [0.1, 0.15) is 0 Å². The van der Waals surface area contributed by atoms with E-state index in [1.165, 1.54) is 27.8 Å². The van der Waals surface area contributed by atoms with Gasteiger partial charge in [0, 0.05) is 0 Å². The Morgan fingerprint density at radius 1 is 0.789 bits per heavy atom. The van der Waals surface area contributed by atoms with Crippen molar-refractivity contribution >= 4 is 0 Å². The molecule has 108 valence electrons. The fraction of sp³-hybridized carbons (Fsp3) is 0.647. The zero-order valence-electron chi connectivity index (χ0n) is 13.7. The van der Waals surface area contributed by atoms with E-state index in [1.807, 2.05) is 20.8 Å². The van der Waals surface area contributed by atoms with Crippen LogP contribution in [0.15, 0.2) is 0 Å². The van der Waals surface area contributed by atoms with Crippen LogP contribution in [-0.4, -0.2) is 11.2 Å². The van der Waals surface area contributed by atoms with Gasteiger partial charge in [0.2, 0.25) is 0 Å². The van der Waals surface area contributed by atoms with Crippen LogP contribution in [0.25, 0.3) is 0 Å². The smallest absolute Gasteiger partial charge is 0.0781 e. The maximum Gasteiger partial charge on any atom is 0.0781 e. The summed E-state index contributed by atoms with van der Waals surface area (Å²) in [6.45, 7) is 16.7. The largest absolute Gasteiger partial charge is 0.391 e. The van der Waals surface area contributed by atoms with Crippen LogP contribution in [0.1, 0.15) is 60.2 Å². The summed E-state index contributed by atoms with van der Waals surface area (Å²) in [4.78, 5) is 0. The first-order chi connectivity index (χ1) is 8.50. The Balaban J connectivity index is 3.44. The van der Waals surface area contributed by atoms with Crippen molar-refractivity contribution in [1.29, 1.82) is 0 Å². The second-order valence-electron chi connectivity index (χ2n) is 6.88. The summed E-state index contributed by atoms with van der Waals surface area (Å²) in [5.41, 5.74) is 13.6. The molecule has 2 heteroatoms. The van der Waals surface area contributed by atoms with Crippen LogP contribution in [-0.2, 0) is 0 Å². The molecule has 0 saturated carbocycles. The average Bonchev–Trinajstić information content (AvgIpc) is 2.31. The molecule has 0 unspecified atom stereocenters. The third-order valence-electron chi connectivity index (χ3n) is 4.62. The molecule has 0 radical (unpaired) electrons. The molecule has 19 heavy (non-hydrogen) atoms. The van der Waals surface area contributed by atoms with Gasteiger partial charge in [-0.25, -0.2) is 0 Å². The molecule has 0 amide bonds. The van der Waals surface area contributed by atoms with Gasteiger partial charge < -0.3 is 10.8 Å². The molecule has 0 aliphatic heterocycles. The summed E-state index contributed by atoms with van der Waals surface area (Å²) < 4.78 is 0. The first-order valence-electron chi connectivity index (χ1n) is 7.00. The minimum atomic E-state index is -0.550. The zero-order valence-corrected chi connectivity index (χ0v) is 13.7. The van der Waals surface area contributed by atoms with E-state index in [1.54, 1.807) is 0 Å². The van der Waals surface area contributed by atoms with Crippen LogP contribution >= 0.6 is 0 Å². The van der Waals surface area contributed by atoms with Crippen LogP contribution in [0.2, 0.25) is 0 Å². The molecule has 0 aliphatic carbocycles. The van der Waals surface area contributed by atoms with E-state index < -0.39 is 6.10 Å². The Bertz CT molecular complexity index is 454. The average molecular weight is 263 g/mol. The Hall–Kier alpha value is -0.860. The molecule has 2 nitrogen and oxygen atoms in total. The van der Waals surface area contributed by atoms with Crippen LogP contribution in [0.3, 0.4) is 0 Å². The summed E-state index contributed by atoms with van der Waals surface area (Å²) in [5, 5.41) is 10.5. The normalized spacial score (nSPS) is 15.5. The first-order valence-corrected chi connectivity index (χ1v) is 7.00. The highest BCUT2D eigenvalue weighted by Gasteiger charge is 2.31. The van der Waals surface area contributed by atoms with Gasteiger partial charge in [0.15, 0.2) is 0 Å². The van der Waals surface area contributed by atoms with Gasteiger partial charge >= 0.3 is 0 Å². The SMILES string of the molecule is Cc1c(C)c(C)c([C@@H](N)[C@@H](O)C(C)(C)C)c(C)c1C. The van der Waals surface area contributed by atoms with E-state index in [-0.39, 0.29) is 11.5 Å². The van der Waals surface area contributed by atoms with Crippen molar-refractivity contribution in [1.82, 2.24) is 0 Å². The number of nitrogens with two attached hydrogens (primary N) is 1. The molecule has 0 aliphatic rings. The number of aliphatic hydroxyl groups excluding tert-OH is 1. The molecule has 0 spiro atoms. The standard InChI is InChI=1S/C17H29NO/c1-9-10(2)12(4)14(13(5)11(9)3)15(18)16(19)17(6,7)8/h15-16,19H,18H2,1-8H3/t15-,16-/m1/s1. The topological polar surface area (TPSA) is 46.2 Å². The number of hydrogen-bond acceptors (Lipinski definition) is 2. The van der Waals surface area contributed by atoms with Gasteiger partial charge in [-0.3, -0.25) is 0 Å². The number of benzene rings is 1. The summed E-state index contributed by atoms with van der Waals surface area (Å²) in [5.74, 6) is 0. The highest BCUT2D eigenvalue weighted by atomic mass is 16.3. The highest BCUT2D eigenvalue weighted by Crippen LogP contribution is 2.35. The molecule has 0 heterocycles. The summed E-state index contributed by atoms with van der Waals surface area (Å²) >= 11 is 0. The van der Waals surface area contributed by atoms with E-state index in [0.717, 1.165) is 5.56 Å². The molecule has 3 N–H and O–H groups in total. The zero-order chi connectivity index (χ0) is 15.1. The van der Waals surface area contributed by atoms with Crippen molar-refractivity contribution in [2.75, 3.05) is 0 Å². The van der Waals surface area contributed by atoms with Gasteiger partial charge in [0.25, 0.3) is 0 Å². The Morgan fingerprint density at radius 2 is 1.11 bits per heavy atom.